The lowest BCUT2D eigenvalue weighted by molar-refractivity contribution is 0.0696. The van der Waals surface area contributed by atoms with E-state index in [-0.39, 0.29) is 10.7 Å². The molecule has 29 heavy (non-hydrogen) atoms. The van der Waals surface area contributed by atoms with Gasteiger partial charge in [0, 0.05) is 12.3 Å². The Bertz CT molecular complexity index is 773. The molecule has 2 heterocycles. The Morgan fingerprint density at radius 1 is 1.17 bits per heavy atom. The van der Waals surface area contributed by atoms with Gasteiger partial charge in [0.1, 0.15) is 5.15 Å². The lowest BCUT2D eigenvalue weighted by Gasteiger charge is -2.14. The molecule has 0 unspecified atom stereocenters. The molecule has 2 saturated carbocycles. The van der Waals surface area contributed by atoms with Crippen LogP contribution in [-0.4, -0.2) is 32.4 Å². The van der Waals surface area contributed by atoms with Crippen LogP contribution >= 0.6 is 11.6 Å². The fourth-order valence-electron chi connectivity index (χ4n) is 3.43. The first-order valence-electron chi connectivity index (χ1n) is 10.7. The zero-order valence-electron chi connectivity index (χ0n) is 17.8. The van der Waals surface area contributed by atoms with Crippen LogP contribution in [0, 0.1) is 17.8 Å². The summed E-state index contributed by atoms with van der Waals surface area (Å²) in [5, 5.41) is 13.3. The Morgan fingerprint density at radius 3 is 2.31 bits per heavy atom. The van der Waals surface area contributed by atoms with Crippen LogP contribution in [0.4, 0.5) is 0 Å². The van der Waals surface area contributed by atoms with Crippen molar-refractivity contribution >= 4 is 17.6 Å². The highest BCUT2D eigenvalue weighted by molar-refractivity contribution is 6.32. The minimum atomic E-state index is -1.10. The molecular weight excluding hydrogens is 390 g/mol. The van der Waals surface area contributed by atoms with Gasteiger partial charge in [-0.2, -0.15) is 0 Å². The van der Waals surface area contributed by atoms with Crippen molar-refractivity contribution in [1.29, 1.82) is 0 Å². The van der Waals surface area contributed by atoms with Gasteiger partial charge < -0.3 is 9.84 Å². The topological polar surface area (TPSA) is 77.2 Å². The molecule has 0 amide bonds. The third-order valence-corrected chi connectivity index (χ3v) is 5.31. The molecule has 2 fully saturated rings. The average Bonchev–Trinajstić information content (AvgIpc) is 3.67. The molecule has 0 saturated heterocycles. The van der Waals surface area contributed by atoms with E-state index in [0.29, 0.717) is 18.3 Å². The zero-order chi connectivity index (χ0) is 21.4. The summed E-state index contributed by atoms with van der Waals surface area (Å²) < 4.78 is 7.33. The fourth-order valence-corrected chi connectivity index (χ4v) is 3.66. The van der Waals surface area contributed by atoms with Crippen molar-refractivity contribution < 1.29 is 14.6 Å². The molecule has 0 aliphatic heterocycles. The molecule has 0 atom stereocenters. The van der Waals surface area contributed by atoms with Crippen LogP contribution in [0.2, 0.25) is 5.15 Å². The van der Waals surface area contributed by atoms with Crippen LogP contribution in [0.25, 0.3) is 5.82 Å². The summed E-state index contributed by atoms with van der Waals surface area (Å²) in [5.74, 6) is 2.57. The van der Waals surface area contributed by atoms with Gasteiger partial charge in [0.25, 0.3) is 0 Å². The Kier molecular flexibility index (Phi) is 8.96. The number of halogens is 1. The van der Waals surface area contributed by atoms with Crippen LogP contribution < -0.4 is 4.74 Å². The lowest BCUT2D eigenvalue weighted by atomic mass is 9.95. The van der Waals surface area contributed by atoms with E-state index in [2.05, 4.69) is 10.1 Å². The Morgan fingerprint density at radius 2 is 1.79 bits per heavy atom. The van der Waals surface area contributed by atoms with Gasteiger partial charge in [-0.15, -0.1) is 5.10 Å². The molecule has 4 rings (SSSR count). The van der Waals surface area contributed by atoms with Gasteiger partial charge in [-0.3, -0.25) is 0 Å². The standard InChI is InChI=1S/C18H20ClN3O3.2C2H6/c19-17-14(18(23)24)5-6-15(20-17)22-9-7-16(21-22)25-10-8-13(11-1-2-11)12-3-4-12;2*1-2/h5-7,9,11-13H,1-4,8,10H2,(H,23,24);2*1-2H3. The second-order valence-electron chi connectivity index (χ2n) is 6.89. The van der Waals surface area contributed by atoms with E-state index in [1.165, 1.54) is 36.4 Å². The molecule has 1 N–H and O–H groups in total. The highest BCUT2D eigenvalue weighted by atomic mass is 35.5. The van der Waals surface area contributed by atoms with Gasteiger partial charge in [-0.25, -0.2) is 14.5 Å². The number of aromatic nitrogens is 3. The van der Waals surface area contributed by atoms with Crippen molar-refractivity contribution in [2.24, 2.45) is 17.8 Å². The predicted molar refractivity (Wildman–Crippen MR) is 115 cm³/mol. The van der Waals surface area contributed by atoms with Crippen LogP contribution in [0.5, 0.6) is 5.88 Å². The maximum Gasteiger partial charge on any atom is 0.338 e. The lowest BCUT2D eigenvalue weighted by Crippen LogP contribution is -2.11. The van der Waals surface area contributed by atoms with Crippen LogP contribution in [0.1, 0.15) is 70.2 Å². The Balaban J connectivity index is 0.000000707. The largest absolute Gasteiger partial charge is 0.478 e. The minimum Gasteiger partial charge on any atom is -0.478 e. The van der Waals surface area contributed by atoms with Crippen molar-refractivity contribution in [3.8, 4) is 11.7 Å². The van der Waals surface area contributed by atoms with E-state index in [1.807, 2.05) is 27.7 Å². The third kappa shape index (κ3) is 6.46. The van der Waals surface area contributed by atoms with Crippen molar-refractivity contribution in [3.63, 3.8) is 0 Å². The molecule has 0 aromatic carbocycles. The molecule has 160 valence electrons. The number of ether oxygens (including phenoxy) is 1. The van der Waals surface area contributed by atoms with E-state index in [4.69, 9.17) is 21.4 Å². The van der Waals surface area contributed by atoms with Gasteiger partial charge in [0.15, 0.2) is 5.82 Å². The normalized spacial score (nSPS) is 15.1. The molecule has 0 bridgehead atoms. The highest BCUT2D eigenvalue weighted by Gasteiger charge is 2.40. The minimum absolute atomic E-state index is 0.0276. The van der Waals surface area contributed by atoms with Gasteiger partial charge in [0.2, 0.25) is 5.88 Å². The maximum absolute atomic E-state index is 11.0. The molecular formula is C22H32ClN3O3. The predicted octanol–water partition coefficient (Wildman–Crippen LogP) is 5.88. The summed E-state index contributed by atoms with van der Waals surface area (Å²) in [6, 6.07) is 4.78. The quantitative estimate of drug-likeness (QED) is 0.538. The molecule has 0 radical (unpaired) electrons. The van der Waals surface area contributed by atoms with Gasteiger partial charge in [0.05, 0.1) is 12.2 Å². The Hall–Kier alpha value is -2.08. The fraction of sp³-hybridized carbons (Fsp3) is 0.591. The maximum atomic E-state index is 11.0. The van der Waals surface area contributed by atoms with Crippen molar-refractivity contribution in [2.75, 3.05) is 6.61 Å². The Labute approximate surface area is 178 Å². The summed E-state index contributed by atoms with van der Waals surface area (Å²) in [4.78, 5) is 15.1. The number of rotatable bonds is 8. The van der Waals surface area contributed by atoms with Gasteiger partial charge >= 0.3 is 5.97 Å². The average molecular weight is 422 g/mol. The smallest absolute Gasteiger partial charge is 0.338 e. The first-order valence-corrected chi connectivity index (χ1v) is 11.1. The summed E-state index contributed by atoms with van der Waals surface area (Å²) in [6.07, 6.45) is 8.36. The molecule has 2 aliphatic rings. The molecule has 7 heteroatoms. The summed E-state index contributed by atoms with van der Waals surface area (Å²) in [7, 11) is 0. The number of carboxylic acid groups (broad SMARTS) is 1. The summed E-state index contributed by atoms with van der Waals surface area (Å²) >= 11 is 5.91. The van der Waals surface area contributed by atoms with E-state index in [0.717, 1.165) is 24.2 Å². The number of nitrogens with zero attached hydrogens (tertiary/aromatic N) is 3. The highest BCUT2D eigenvalue weighted by Crippen LogP contribution is 2.50. The second kappa shape index (κ2) is 11.2. The molecule has 6 nitrogen and oxygen atoms in total. The van der Waals surface area contributed by atoms with Crippen LogP contribution in [0.15, 0.2) is 24.4 Å². The number of carboxylic acids is 1. The molecule has 2 aromatic heterocycles. The monoisotopic (exact) mass is 421 g/mol. The number of carbonyl (C=O) groups is 1. The van der Waals surface area contributed by atoms with E-state index >= 15 is 0 Å². The van der Waals surface area contributed by atoms with Crippen LogP contribution in [0.3, 0.4) is 0 Å². The first kappa shape index (κ1) is 23.2. The van der Waals surface area contributed by atoms with Gasteiger partial charge in [-0.1, -0.05) is 39.3 Å². The van der Waals surface area contributed by atoms with Crippen molar-refractivity contribution in [3.05, 3.63) is 35.1 Å². The van der Waals surface area contributed by atoms with Crippen molar-refractivity contribution in [1.82, 2.24) is 14.8 Å². The van der Waals surface area contributed by atoms with E-state index < -0.39 is 5.97 Å². The zero-order valence-corrected chi connectivity index (χ0v) is 18.5. The van der Waals surface area contributed by atoms with E-state index in [1.54, 1.807) is 18.3 Å². The van der Waals surface area contributed by atoms with E-state index in [9.17, 15) is 4.79 Å². The third-order valence-electron chi connectivity index (χ3n) is 5.02. The summed E-state index contributed by atoms with van der Waals surface area (Å²) in [5.41, 5.74) is -0.0276. The van der Waals surface area contributed by atoms with Crippen LogP contribution in [-0.2, 0) is 0 Å². The van der Waals surface area contributed by atoms with Gasteiger partial charge in [-0.05, 0) is 62.0 Å². The molecule has 2 aromatic rings. The number of hydrogen-bond acceptors (Lipinski definition) is 4. The van der Waals surface area contributed by atoms with Crippen molar-refractivity contribution in [2.45, 2.75) is 59.8 Å². The second-order valence-corrected chi connectivity index (χ2v) is 7.25. The molecule has 0 spiro atoms. The number of hydrogen-bond donors (Lipinski definition) is 1. The first-order chi connectivity index (χ1) is 14.1. The number of pyridine rings is 1. The molecule has 2 aliphatic carbocycles. The SMILES string of the molecule is CC.CC.O=C(O)c1ccc(-n2ccc(OCCC(C3CC3)C3CC3)n2)nc1Cl. The number of aromatic carboxylic acids is 1. The summed E-state index contributed by atoms with van der Waals surface area (Å²) in [6.45, 7) is 8.68.